The quantitative estimate of drug-likeness (QED) is 0.251. The van der Waals surface area contributed by atoms with E-state index in [1.807, 2.05) is 18.2 Å². The van der Waals surface area contributed by atoms with Gasteiger partial charge in [0.05, 0.1) is 4.92 Å². The first-order valence-corrected chi connectivity index (χ1v) is 9.39. The van der Waals surface area contributed by atoms with Gasteiger partial charge in [0.1, 0.15) is 0 Å². The largest absolute Gasteiger partial charge is 0.385 e. The second-order valence-corrected chi connectivity index (χ2v) is 6.52. The zero-order valence-electron chi connectivity index (χ0n) is 15.7. The zero-order chi connectivity index (χ0) is 18.8. The van der Waals surface area contributed by atoms with Crippen LogP contribution in [0.5, 0.6) is 0 Å². The van der Waals surface area contributed by atoms with Crippen LogP contribution in [0.4, 0.5) is 5.69 Å². The van der Waals surface area contributed by atoms with E-state index in [1.54, 1.807) is 24.3 Å². The predicted octanol–water partition coefficient (Wildman–Crippen LogP) is 5.90. The molecule has 2 rings (SSSR count). The molecule has 4 heteroatoms. The van der Waals surface area contributed by atoms with E-state index in [0.717, 1.165) is 35.7 Å². The summed E-state index contributed by atoms with van der Waals surface area (Å²) in [6.45, 7) is 5.39. The lowest BCUT2D eigenvalue weighted by molar-refractivity contribution is -0.384. The molecule has 0 saturated heterocycles. The molecule has 0 unspecified atom stereocenters. The van der Waals surface area contributed by atoms with Gasteiger partial charge in [-0.3, -0.25) is 10.1 Å². The molecule has 0 atom stereocenters. The molecule has 0 amide bonds. The first-order valence-electron chi connectivity index (χ1n) is 9.39. The van der Waals surface area contributed by atoms with Crippen LogP contribution in [0.2, 0.25) is 0 Å². The molecule has 0 radical (unpaired) electrons. The Hall–Kier alpha value is -2.62. The topological polar surface area (TPSA) is 55.2 Å². The number of non-ortho nitro benzene ring substituents is 1. The van der Waals surface area contributed by atoms with Gasteiger partial charge in [0.2, 0.25) is 0 Å². The fourth-order valence-corrected chi connectivity index (χ4v) is 3.03. The molecule has 0 aliphatic carbocycles. The fourth-order valence-electron chi connectivity index (χ4n) is 3.03. The third-order valence-corrected chi connectivity index (χ3v) is 4.76. The molecule has 138 valence electrons. The van der Waals surface area contributed by atoms with Crippen molar-refractivity contribution in [1.82, 2.24) is 5.32 Å². The van der Waals surface area contributed by atoms with Crippen molar-refractivity contribution in [3.8, 4) is 0 Å². The zero-order valence-corrected chi connectivity index (χ0v) is 15.7. The molecular weight excluding hydrogens is 324 g/mol. The number of rotatable bonds is 10. The summed E-state index contributed by atoms with van der Waals surface area (Å²) in [6.07, 6.45) is 6.89. The Kier molecular flexibility index (Phi) is 7.87. The maximum Gasteiger partial charge on any atom is 0.269 e. The van der Waals surface area contributed by atoms with E-state index in [1.165, 1.54) is 19.3 Å². The first kappa shape index (κ1) is 19.7. The van der Waals surface area contributed by atoms with Gasteiger partial charge in [-0.05, 0) is 48.1 Å². The van der Waals surface area contributed by atoms with Crippen molar-refractivity contribution in [2.24, 2.45) is 5.92 Å². The second kappa shape index (κ2) is 10.4. The summed E-state index contributed by atoms with van der Waals surface area (Å²) in [4.78, 5) is 10.5. The van der Waals surface area contributed by atoms with E-state index in [2.05, 4.69) is 37.4 Å². The number of hydrogen-bond donors (Lipinski definition) is 1. The van der Waals surface area contributed by atoms with Gasteiger partial charge in [0.15, 0.2) is 0 Å². The summed E-state index contributed by atoms with van der Waals surface area (Å²) in [6, 6.07) is 16.8. The molecule has 0 aliphatic heterocycles. The Bertz CT molecular complexity index is 705. The summed E-state index contributed by atoms with van der Waals surface area (Å²) in [5, 5.41) is 14.4. The molecule has 2 aromatic rings. The Morgan fingerprint density at radius 1 is 1.08 bits per heavy atom. The Morgan fingerprint density at radius 2 is 1.73 bits per heavy atom. The van der Waals surface area contributed by atoms with Gasteiger partial charge in [-0.2, -0.15) is 0 Å². The second-order valence-electron chi connectivity index (χ2n) is 6.52. The fraction of sp³-hybridized carbons (Fsp3) is 0.364. The maximum absolute atomic E-state index is 10.9. The van der Waals surface area contributed by atoms with E-state index >= 15 is 0 Å². The highest BCUT2D eigenvalue weighted by molar-refractivity contribution is 5.80. The van der Waals surface area contributed by atoms with Gasteiger partial charge in [-0.1, -0.05) is 57.0 Å². The van der Waals surface area contributed by atoms with E-state index in [0.29, 0.717) is 0 Å². The van der Waals surface area contributed by atoms with E-state index < -0.39 is 0 Å². The average Bonchev–Trinajstić information content (AvgIpc) is 2.68. The SMILES string of the molecule is CCC(CC)CCCNC(=Cc1ccccc1)c1ccc([N+](=O)[O-])cc1. The highest BCUT2D eigenvalue weighted by atomic mass is 16.6. The van der Waals surface area contributed by atoms with E-state index in [-0.39, 0.29) is 10.6 Å². The van der Waals surface area contributed by atoms with Crippen LogP contribution in [-0.4, -0.2) is 11.5 Å². The lowest BCUT2D eigenvalue weighted by Gasteiger charge is -2.15. The van der Waals surface area contributed by atoms with Crippen LogP contribution in [0.3, 0.4) is 0 Å². The lowest BCUT2D eigenvalue weighted by atomic mass is 9.97. The number of nitrogens with one attached hydrogen (secondary N) is 1. The molecule has 26 heavy (non-hydrogen) atoms. The molecule has 0 aliphatic rings. The molecule has 0 fully saturated rings. The smallest absolute Gasteiger partial charge is 0.269 e. The van der Waals surface area contributed by atoms with Crippen molar-refractivity contribution < 1.29 is 4.92 Å². The van der Waals surface area contributed by atoms with Crippen LogP contribution in [0.15, 0.2) is 54.6 Å². The molecule has 0 bridgehead atoms. The van der Waals surface area contributed by atoms with Crippen LogP contribution in [0.25, 0.3) is 11.8 Å². The predicted molar refractivity (Wildman–Crippen MR) is 109 cm³/mol. The number of hydrogen-bond acceptors (Lipinski definition) is 3. The van der Waals surface area contributed by atoms with Crippen molar-refractivity contribution in [3.05, 3.63) is 75.8 Å². The Morgan fingerprint density at radius 3 is 2.31 bits per heavy atom. The summed E-state index contributed by atoms with van der Waals surface area (Å²) in [5.74, 6) is 0.790. The van der Waals surface area contributed by atoms with Crippen LogP contribution >= 0.6 is 0 Å². The summed E-state index contributed by atoms with van der Waals surface area (Å²) in [7, 11) is 0. The minimum atomic E-state index is -0.368. The monoisotopic (exact) mass is 352 g/mol. The number of nitro groups is 1. The first-order chi connectivity index (χ1) is 12.6. The molecule has 0 heterocycles. The number of nitro benzene ring substituents is 1. The van der Waals surface area contributed by atoms with Crippen molar-refractivity contribution in [2.45, 2.75) is 39.5 Å². The van der Waals surface area contributed by atoms with Crippen LogP contribution in [0.1, 0.15) is 50.7 Å². The van der Waals surface area contributed by atoms with Crippen molar-refractivity contribution in [1.29, 1.82) is 0 Å². The Labute approximate surface area is 156 Å². The van der Waals surface area contributed by atoms with Gasteiger partial charge in [0, 0.05) is 24.4 Å². The average molecular weight is 352 g/mol. The van der Waals surface area contributed by atoms with Crippen molar-refractivity contribution >= 4 is 17.5 Å². The molecule has 0 spiro atoms. The van der Waals surface area contributed by atoms with Crippen molar-refractivity contribution in [3.63, 3.8) is 0 Å². The highest BCUT2D eigenvalue weighted by Crippen LogP contribution is 2.20. The van der Waals surface area contributed by atoms with Crippen LogP contribution in [-0.2, 0) is 0 Å². The number of benzene rings is 2. The van der Waals surface area contributed by atoms with Gasteiger partial charge in [-0.25, -0.2) is 0 Å². The van der Waals surface area contributed by atoms with Crippen LogP contribution in [0, 0.1) is 16.0 Å². The highest BCUT2D eigenvalue weighted by Gasteiger charge is 2.08. The van der Waals surface area contributed by atoms with E-state index in [9.17, 15) is 10.1 Å². The maximum atomic E-state index is 10.9. The molecular formula is C22H28N2O2. The Balaban J connectivity index is 2.12. The molecule has 2 aromatic carbocycles. The molecule has 1 N–H and O–H groups in total. The van der Waals surface area contributed by atoms with Gasteiger partial charge < -0.3 is 5.32 Å². The lowest BCUT2D eigenvalue weighted by Crippen LogP contribution is -2.15. The normalized spacial score (nSPS) is 11.6. The number of nitrogens with zero attached hydrogens (tertiary/aromatic N) is 1. The summed E-state index contributed by atoms with van der Waals surface area (Å²) in [5.41, 5.74) is 3.17. The van der Waals surface area contributed by atoms with Gasteiger partial charge in [0.25, 0.3) is 5.69 Å². The van der Waals surface area contributed by atoms with Crippen molar-refractivity contribution in [2.75, 3.05) is 6.54 Å². The summed E-state index contributed by atoms with van der Waals surface area (Å²) >= 11 is 0. The molecule has 4 nitrogen and oxygen atoms in total. The third-order valence-electron chi connectivity index (χ3n) is 4.76. The standard InChI is InChI=1S/C22H28N2O2/c1-3-18(4-2)11-8-16-23-22(17-19-9-6-5-7-10-19)20-12-14-21(15-13-20)24(25)26/h5-7,9-10,12-15,17-18,23H,3-4,8,11,16H2,1-2H3. The van der Waals surface area contributed by atoms with Gasteiger partial charge in [-0.15, -0.1) is 0 Å². The van der Waals surface area contributed by atoms with Crippen LogP contribution < -0.4 is 5.32 Å². The van der Waals surface area contributed by atoms with E-state index in [4.69, 9.17) is 0 Å². The molecule has 0 aromatic heterocycles. The third kappa shape index (κ3) is 6.03. The minimum absolute atomic E-state index is 0.113. The molecule has 0 saturated carbocycles. The van der Waals surface area contributed by atoms with Gasteiger partial charge >= 0.3 is 0 Å². The summed E-state index contributed by atoms with van der Waals surface area (Å²) < 4.78 is 0. The minimum Gasteiger partial charge on any atom is -0.385 e.